The van der Waals surface area contributed by atoms with Gasteiger partial charge in [0, 0.05) is 4.99 Å². The number of urea groups is 3. The Labute approximate surface area is 114 Å². The summed E-state index contributed by atoms with van der Waals surface area (Å²) < 4.78 is 0.507. The highest BCUT2D eigenvalue weighted by molar-refractivity contribution is 6.00. The molecule has 1 heterocycles. The Balaban J connectivity index is 3.43. The van der Waals surface area contributed by atoms with Crippen LogP contribution in [0, 0.1) is 0 Å². The van der Waals surface area contributed by atoms with Crippen molar-refractivity contribution in [3.63, 3.8) is 0 Å². The summed E-state index contributed by atoms with van der Waals surface area (Å²) >= 11 is 0. The van der Waals surface area contributed by atoms with Crippen LogP contribution in [0.25, 0.3) is 0 Å². The Hall–Kier alpha value is -3.71. The van der Waals surface area contributed by atoms with Crippen LogP contribution in [-0.2, 0) is 14.4 Å². The molecule has 104 valence electrons. The normalized spacial score (nSPS) is 18.1. The maximum Gasteiger partial charge on any atom is 0.524 e. The molecule has 1 aliphatic heterocycles. The zero-order chi connectivity index (χ0) is 15.8. The number of amides is 6. The molecule has 0 aliphatic carbocycles. The number of hydrogen-bond acceptors (Lipinski definition) is 7. The predicted octanol–water partition coefficient (Wildman–Crippen LogP) is -1.29. The number of hydrogen-bond donors (Lipinski definition) is 0. The van der Waals surface area contributed by atoms with Gasteiger partial charge in [-0.1, -0.05) is 9.48 Å². The fraction of sp³-hybridized carbons (Fsp3) is 0.111. The lowest BCUT2D eigenvalue weighted by Gasteiger charge is -2.13. The molecular formula is C9H4N6O6+2. The lowest BCUT2D eigenvalue weighted by atomic mass is 10.5. The molecule has 0 aromatic carbocycles. The molecule has 1 rings (SSSR count). The van der Waals surface area contributed by atoms with Crippen molar-refractivity contribution < 1.29 is 37.9 Å². The van der Waals surface area contributed by atoms with Crippen LogP contribution in [0.5, 0.6) is 0 Å². The molecule has 0 saturated carbocycles. The van der Waals surface area contributed by atoms with Gasteiger partial charge in [0.2, 0.25) is 25.2 Å². The third kappa shape index (κ3) is 3.19. The number of rotatable bonds is 4. The molecule has 0 N–H and O–H groups in total. The maximum absolute atomic E-state index is 11.8. The molecule has 1 aliphatic rings. The lowest BCUT2D eigenvalue weighted by molar-refractivity contribution is -0.494. The van der Waals surface area contributed by atoms with Crippen molar-refractivity contribution in [1.29, 1.82) is 0 Å². The van der Waals surface area contributed by atoms with E-state index in [0.717, 1.165) is 18.2 Å². The van der Waals surface area contributed by atoms with Gasteiger partial charge >= 0.3 is 30.5 Å². The molecule has 0 bridgehead atoms. The van der Waals surface area contributed by atoms with E-state index in [-0.39, 0.29) is 9.15 Å². The third-order valence-electron chi connectivity index (χ3n) is 2.01. The second-order valence-corrected chi connectivity index (χ2v) is 3.08. The summed E-state index contributed by atoms with van der Waals surface area (Å²) in [7, 11) is 0. The van der Waals surface area contributed by atoms with Crippen molar-refractivity contribution in [2.24, 2.45) is 15.0 Å². The quantitative estimate of drug-likeness (QED) is 0.272. The largest absolute Gasteiger partial charge is 0.524 e. The van der Waals surface area contributed by atoms with E-state index >= 15 is 0 Å². The van der Waals surface area contributed by atoms with Gasteiger partial charge in [-0.2, -0.15) is 24.2 Å². The summed E-state index contributed by atoms with van der Waals surface area (Å²) in [6, 6.07) is -3.69. The third-order valence-corrected chi connectivity index (χ3v) is 2.01. The highest BCUT2D eigenvalue weighted by Gasteiger charge is 2.52. The molecule has 21 heavy (non-hydrogen) atoms. The molecule has 0 spiro atoms. The molecule has 12 heteroatoms. The number of imide groups is 3. The van der Waals surface area contributed by atoms with Gasteiger partial charge < -0.3 is 0 Å². The van der Waals surface area contributed by atoms with E-state index in [1.807, 2.05) is 0 Å². The average Bonchev–Trinajstić information content (AvgIpc) is 2.47. The van der Waals surface area contributed by atoms with Crippen molar-refractivity contribution in [3.8, 4) is 0 Å². The van der Waals surface area contributed by atoms with Crippen LogP contribution in [0.2, 0.25) is 0 Å². The molecular weight excluding hydrogens is 288 g/mol. The molecule has 0 atom stereocenters. The Kier molecular flexibility index (Phi) is 5.13. The molecule has 6 amide bonds. The van der Waals surface area contributed by atoms with E-state index < -0.39 is 24.8 Å². The number of isocyanates is 3. The first-order valence-electron chi connectivity index (χ1n) is 4.90. The van der Waals surface area contributed by atoms with Crippen LogP contribution in [0.15, 0.2) is 15.0 Å². The number of carbonyl (C=O) groups is 3. The van der Waals surface area contributed by atoms with Crippen molar-refractivity contribution in [3.05, 3.63) is 0 Å². The first kappa shape index (κ1) is 15.3. The van der Waals surface area contributed by atoms with Crippen LogP contribution in [0.3, 0.4) is 0 Å². The fourth-order valence-corrected chi connectivity index (χ4v) is 1.20. The molecule has 12 nitrogen and oxygen atoms in total. The van der Waals surface area contributed by atoms with E-state index in [0.29, 0.717) is 17.6 Å². The fourth-order valence-electron chi connectivity index (χ4n) is 1.20. The Morgan fingerprint density at radius 1 is 0.905 bits per heavy atom. The van der Waals surface area contributed by atoms with E-state index in [9.17, 15) is 28.8 Å². The zero-order valence-corrected chi connectivity index (χ0v) is 9.99. The second kappa shape index (κ2) is 7.02. The Morgan fingerprint density at radius 2 is 1.38 bits per heavy atom. The summed E-state index contributed by atoms with van der Waals surface area (Å²) in [6.45, 7) is -0.737. The van der Waals surface area contributed by atoms with Crippen molar-refractivity contribution >= 4 is 49.0 Å². The topological polar surface area (TPSA) is 149 Å². The van der Waals surface area contributed by atoms with Crippen LogP contribution in [-0.4, -0.2) is 69.7 Å². The van der Waals surface area contributed by atoms with Crippen molar-refractivity contribution in [2.45, 2.75) is 0 Å². The average molecular weight is 292 g/mol. The summed E-state index contributed by atoms with van der Waals surface area (Å²) in [5.74, 6) is 0. The minimum absolute atomic E-state index is 0.253. The highest BCUT2D eigenvalue weighted by Crippen LogP contribution is 2.07. The molecule has 0 radical (unpaired) electrons. The zero-order valence-electron chi connectivity index (χ0n) is 9.99. The van der Waals surface area contributed by atoms with Crippen LogP contribution in [0.4, 0.5) is 14.4 Å². The number of aliphatic imine (C=N–C) groups is 3. The van der Waals surface area contributed by atoms with Crippen LogP contribution in [0.1, 0.15) is 0 Å². The first-order valence-corrected chi connectivity index (χ1v) is 4.90. The van der Waals surface area contributed by atoms with Crippen LogP contribution < -0.4 is 0 Å². The van der Waals surface area contributed by atoms with Crippen molar-refractivity contribution in [2.75, 3.05) is 6.67 Å². The first-order chi connectivity index (χ1) is 10.1. The SMILES string of the molecule is O=C=N/C=[N+]1\C(=O)N(CN=C=O)C(=O)/[N+](=C\N=C=O)C1=O. The van der Waals surface area contributed by atoms with Gasteiger partial charge in [0.15, 0.2) is 0 Å². The molecule has 0 unspecified atom stereocenters. The van der Waals surface area contributed by atoms with Gasteiger partial charge in [-0.3, -0.25) is 0 Å². The monoisotopic (exact) mass is 292 g/mol. The maximum atomic E-state index is 11.8. The van der Waals surface area contributed by atoms with E-state index in [4.69, 9.17) is 0 Å². The van der Waals surface area contributed by atoms with E-state index in [1.165, 1.54) is 0 Å². The van der Waals surface area contributed by atoms with Gasteiger partial charge in [0.25, 0.3) is 0 Å². The van der Waals surface area contributed by atoms with Gasteiger partial charge in [-0.25, -0.2) is 9.59 Å². The smallest absolute Gasteiger partial charge is 0.211 e. The summed E-state index contributed by atoms with van der Waals surface area (Å²) in [6.07, 6.45) is 4.19. The molecule has 0 aromatic heterocycles. The van der Waals surface area contributed by atoms with Gasteiger partial charge in [0.05, 0.1) is 0 Å². The van der Waals surface area contributed by atoms with Gasteiger partial charge in [-0.05, 0) is 4.58 Å². The second-order valence-electron chi connectivity index (χ2n) is 3.08. The van der Waals surface area contributed by atoms with Gasteiger partial charge in [0.1, 0.15) is 0 Å². The number of carbonyl (C=O) groups excluding carboxylic acids is 6. The Bertz CT molecular complexity index is 667. The standard InChI is InChI=1S/C9H4N6O6/c16-4-10-1-13-7(19)14(2-11-5-17)9(21)15(8(13)20)3-12-6-18/h1-2H,3H2/q+2. The van der Waals surface area contributed by atoms with E-state index in [2.05, 4.69) is 15.0 Å². The molecule has 1 saturated heterocycles. The minimum Gasteiger partial charge on any atom is -0.211 e. The molecule has 1 fully saturated rings. The summed E-state index contributed by atoms with van der Waals surface area (Å²) in [5, 5.41) is 0. The lowest BCUT2D eigenvalue weighted by Crippen LogP contribution is -2.57. The van der Waals surface area contributed by atoms with E-state index in [1.54, 1.807) is 0 Å². The highest BCUT2D eigenvalue weighted by atomic mass is 16.2. The number of nitrogens with zero attached hydrogens (tertiary/aromatic N) is 6. The minimum atomic E-state index is -1.26. The van der Waals surface area contributed by atoms with Gasteiger partial charge in [-0.15, -0.1) is 4.99 Å². The van der Waals surface area contributed by atoms with Crippen molar-refractivity contribution in [1.82, 2.24) is 4.90 Å². The predicted molar refractivity (Wildman–Crippen MR) is 59.9 cm³/mol. The summed E-state index contributed by atoms with van der Waals surface area (Å²) in [5.41, 5.74) is 0. The molecule has 0 aromatic rings. The Morgan fingerprint density at radius 3 is 1.76 bits per heavy atom. The van der Waals surface area contributed by atoms with Crippen LogP contribution >= 0.6 is 0 Å². The summed E-state index contributed by atoms with van der Waals surface area (Å²) in [4.78, 5) is 74.7.